The van der Waals surface area contributed by atoms with Gasteiger partial charge in [0.05, 0.1) is 30.5 Å². The molecule has 2 aliphatic heterocycles. The molecule has 1 atom stereocenters. The first-order valence-corrected chi connectivity index (χ1v) is 13.5. The van der Waals surface area contributed by atoms with Crippen LogP contribution in [0, 0.1) is 34.5 Å². The van der Waals surface area contributed by atoms with Gasteiger partial charge < -0.3 is 14.0 Å². The maximum Gasteiger partial charge on any atom is 0.234 e. The number of benzene rings is 1. The highest BCUT2D eigenvalue weighted by Gasteiger charge is 2.25. The van der Waals surface area contributed by atoms with Crippen molar-refractivity contribution in [3.8, 4) is 29.1 Å². The first kappa shape index (κ1) is 27.0. The third-order valence-corrected chi connectivity index (χ3v) is 7.88. The summed E-state index contributed by atoms with van der Waals surface area (Å²) in [6, 6.07) is 11.0. The third kappa shape index (κ3) is 6.03. The van der Waals surface area contributed by atoms with Crippen molar-refractivity contribution < 1.29 is 18.3 Å². The van der Waals surface area contributed by atoms with Crippen LogP contribution in [0.1, 0.15) is 37.1 Å². The average molecular weight is 535 g/mol. The van der Waals surface area contributed by atoms with Crippen molar-refractivity contribution in [2.45, 2.75) is 38.3 Å². The fourth-order valence-corrected chi connectivity index (χ4v) is 5.56. The Kier molecular flexibility index (Phi) is 8.65. The summed E-state index contributed by atoms with van der Waals surface area (Å²) in [5.41, 5.74) is 2.40. The molecule has 8 nitrogen and oxygen atoms in total. The Labute approximate surface area is 226 Å². The number of hydrogen-bond acceptors (Lipinski definition) is 7. The second kappa shape index (κ2) is 12.5. The topological polar surface area (TPSA) is 100.0 Å². The SMILES string of the molecule is N#Cc1nc(-c2ccc(OCCC3CCN(C(CF)CF)CC3)c(C#N)c2)c2ccn(CC3CCOC3)c2n1. The van der Waals surface area contributed by atoms with Crippen LogP contribution in [0.25, 0.3) is 22.3 Å². The lowest BCUT2D eigenvalue weighted by atomic mass is 9.93. The van der Waals surface area contributed by atoms with Gasteiger partial charge in [0.1, 0.15) is 36.9 Å². The summed E-state index contributed by atoms with van der Waals surface area (Å²) in [4.78, 5) is 10.8. The van der Waals surface area contributed by atoms with E-state index in [9.17, 15) is 19.3 Å². The van der Waals surface area contributed by atoms with Crippen LogP contribution < -0.4 is 4.74 Å². The van der Waals surface area contributed by atoms with Gasteiger partial charge in [0.25, 0.3) is 0 Å². The van der Waals surface area contributed by atoms with Gasteiger partial charge in [-0.3, -0.25) is 4.90 Å². The predicted molar refractivity (Wildman–Crippen MR) is 141 cm³/mol. The minimum Gasteiger partial charge on any atom is -0.492 e. The van der Waals surface area contributed by atoms with E-state index in [-0.39, 0.29) is 5.82 Å². The van der Waals surface area contributed by atoms with Gasteiger partial charge in [-0.1, -0.05) is 0 Å². The van der Waals surface area contributed by atoms with Crippen LogP contribution in [-0.4, -0.2) is 71.7 Å². The van der Waals surface area contributed by atoms with Gasteiger partial charge in [-0.05, 0) is 69.0 Å². The minimum atomic E-state index is -0.655. The van der Waals surface area contributed by atoms with E-state index in [4.69, 9.17) is 9.47 Å². The molecule has 3 aromatic rings. The van der Waals surface area contributed by atoms with E-state index in [1.54, 1.807) is 12.1 Å². The van der Waals surface area contributed by atoms with Crippen LogP contribution in [0.15, 0.2) is 30.5 Å². The normalized spacial score (nSPS) is 18.4. The van der Waals surface area contributed by atoms with Crippen molar-refractivity contribution in [1.82, 2.24) is 19.4 Å². The van der Waals surface area contributed by atoms with Crippen LogP contribution in [0.5, 0.6) is 5.75 Å². The summed E-state index contributed by atoms with van der Waals surface area (Å²) in [6.07, 6.45) is 5.52. The highest BCUT2D eigenvalue weighted by molar-refractivity contribution is 5.91. The molecule has 0 radical (unpaired) electrons. The Balaban J connectivity index is 1.28. The lowest BCUT2D eigenvalue weighted by Crippen LogP contribution is -2.44. The van der Waals surface area contributed by atoms with Gasteiger partial charge >= 0.3 is 0 Å². The molecule has 0 aliphatic carbocycles. The lowest BCUT2D eigenvalue weighted by molar-refractivity contribution is 0.0896. The number of nitrogens with zero attached hydrogens (tertiary/aromatic N) is 6. The molecule has 0 bridgehead atoms. The molecule has 10 heteroatoms. The number of alkyl halides is 2. The van der Waals surface area contributed by atoms with E-state index in [2.05, 4.69) is 22.1 Å². The molecule has 2 aliphatic rings. The Morgan fingerprint density at radius 2 is 1.87 bits per heavy atom. The number of likely N-dealkylation sites (tertiary alicyclic amines) is 1. The molecule has 39 heavy (non-hydrogen) atoms. The Bertz CT molecular complexity index is 1360. The molecule has 4 heterocycles. The van der Waals surface area contributed by atoms with Crippen LogP contribution >= 0.6 is 0 Å². The summed E-state index contributed by atoms with van der Waals surface area (Å²) in [6.45, 7) is 2.76. The van der Waals surface area contributed by atoms with Crippen molar-refractivity contribution in [1.29, 1.82) is 10.5 Å². The number of aromatic nitrogens is 3. The molecule has 1 aromatic carbocycles. The number of halogens is 2. The molecule has 5 rings (SSSR count). The zero-order valence-electron chi connectivity index (χ0n) is 21.9. The monoisotopic (exact) mass is 534 g/mol. The standard InChI is InChI=1S/C29H32F2N6O2/c30-14-24(15-31)36-8-3-20(4-9-36)7-12-39-26-2-1-22(13-23(26)16-32)28-25-5-10-37(18-21-6-11-38-19-21)29(25)35-27(17-33)34-28/h1-2,5,10,13,20-21,24H,3-4,6-9,11-12,14-15,18-19H2. The van der Waals surface area contributed by atoms with Crippen LogP contribution in [0.2, 0.25) is 0 Å². The van der Waals surface area contributed by atoms with Gasteiger partial charge in [0.15, 0.2) is 0 Å². The number of fused-ring (bicyclic) bond motifs is 1. The molecule has 2 aromatic heterocycles. The zero-order chi connectivity index (χ0) is 27.2. The van der Waals surface area contributed by atoms with E-state index >= 15 is 0 Å². The van der Waals surface area contributed by atoms with Gasteiger partial charge in [-0.2, -0.15) is 10.5 Å². The van der Waals surface area contributed by atoms with Crippen LogP contribution in [0.4, 0.5) is 8.78 Å². The van der Waals surface area contributed by atoms with Gasteiger partial charge in [-0.15, -0.1) is 0 Å². The Morgan fingerprint density at radius 1 is 1.05 bits per heavy atom. The fourth-order valence-electron chi connectivity index (χ4n) is 5.56. The molecule has 0 spiro atoms. The molecular formula is C29H32F2N6O2. The molecule has 1 unspecified atom stereocenters. The largest absolute Gasteiger partial charge is 0.492 e. The van der Waals surface area contributed by atoms with E-state index < -0.39 is 19.4 Å². The number of nitriles is 2. The predicted octanol–water partition coefficient (Wildman–Crippen LogP) is 4.67. The van der Waals surface area contributed by atoms with E-state index in [0.717, 1.165) is 44.2 Å². The first-order chi connectivity index (χ1) is 19.1. The van der Waals surface area contributed by atoms with Crippen molar-refractivity contribution in [2.24, 2.45) is 11.8 Å². The van der Waals surface area contributed by atoms with Crippen LogP contribution in [-0.2, 0) is 11.3 Å². The maximum atomic E-state index is 13.0. The van der Waals surface area contributed by atoms with Gasteiger partial charge in [0, 0.05) is 36.2 Å². The second-order valence-electron chi connectivity index (χ2n) is 10.3. The van der Waals surface area contributed by atoms with Crippen LogP contribution in [0.3, 0.4) is 0 Å². The first-order valence-electron chi connectivity index (χ1n) is 13.5. The van der Waals surface area contributed by atoms with E-state index in [0.29, 0.717) is 66.4 Å². The molecule has 0 saturated carbocycles. The molecule has 2 saturated heterocycles. The quantitative estimate of drug-likeness (QED) is 0.373. The molecular weight excluding hydrogens is 502 g/mol. The fraction of sp³-hybridized carbons (Fsp3) is 0.517. The van der Waals surface area contributed by atoms with E-state index in [1.807, 2.05) is 27.8 Å². The number of hydrogen-bond donors (Lipinski definition) is 0. The molecule has 0 N–H and O–H groups in total. The second-order valence-corrected chi connectivity index (χ2v) is 10.3. The Morgan fingerprint density at radius 3 is 2.56 bits per heavy atom. The third-order valence-electron chi connectivity index (χ3n) is 7.88. The summed E-state index contributed by atoms with van der Waals surface area (Å²) in [5.74, 6) is 1.40. The summed E-state index contributed by atoms with van der Waals surface area (Å²) in [7, 11) is 0. The number of rotatable bonds is 10. The summed E-state index contributed by atoms with van der Waals surface area (Å²) < 4.78 is 39.5. The number of ether oxygens (including phenoxy) is 2. The van der Waals surface area contributed by atoms with Crippen molar-refractivity contribution in [3.63, 3.8) is 0 Å². The highest BCUT2D eigenvalue weighted by Crippen LogP contribution is 2.32. The lowest BCUT2D eigenvalue weighted by Gasteiger charge is -2.35. The number of piperidine rings is 1. The molecule has 204 valence electrons. The van der Waals surface area contributed by atoms with E-state index in [1.165, 1.54) is 0 Å². The molecule has 2 fully saturated rings. The van der Waals surface area contributed by atoms with Crippen molar-refractivity contribution >= 4 is 11.0 Å². The summed E-state index contributed by atoms with van der Waals surface area (Å²) in [5, 5.41) is 20.2. The summed E-state index contributed by atoms with van der Waals surface area (Å²) >= 11 is 0. The van der Waals surface area contributed by atoms with Gasteiger partial charge in [0.2, 0.25) is 5.82 Å². The Hall–Kier alpha value is -3.60. The molecule has 0 amide bonds. The van der Waals surface area contributed by atoms with Gasteiger partial charge in [-0.25, -0.2) is 18.7 Å². The minimum absolute atomic E-state index is 0.0781. The smallest absolute Gasteiger partial charge is 0.234 e. The van der Waals surface area contributed by atoms with Crippen molar-refractivity contribution in [3.05, 3.63) is 41.9 Å². The zero-order valence-corrected chi connectivity index (χ0v) is 21.9. The highest BCUT2D eigenvalue weighted by atomic mass is 19.1. The average Bonchev–Trinajstić information content (AvgIpc) is 3.64. The van der Waals surface area contributed by atoms with Crippen molar-refractivity contribution in [2.75, 3.05) is 46.3 Å². The maximum absolute atomic E-state index is 13.0.